The van der Waals surface area contributed by atoms with Crippen LogP contribution in [0, 0.1) is 6.92 Å². The molecule has 0 unspecified atom stereocenters. The highest BCUT2D eigenvalue weighted by molar-refractivity contribution is 5.92. The van der Waals surface area contributed by atoms with Crippen molar-refractivity contribution in [3.8, 4) is 5.75 Å². The lowest BCUT2D eigenvalue weighted by molar-refractivity contribution is -0.120. The van der Waals surface area contributed by atoms with Crippen molar-refractivity contribution in [3.05, 3.63) is 23.5 Å². The largest absolute Gasteiger partial charge is 0.478 e. The number of rotatable bonds is 3. The second kappa shape index (κ2) is 3.66. The third-order valence-corrected chi connectivity index (χ3v) is 1.49. The minimum atomic E-state index is -1.14. The minimum absolute atomic E-state index is 0.0394. The van der Waals surface area contributed by atoms with Gasteiger partial charge in [0.05, 0.1) is 6.20 Å². The van der Waals surface area contributed by atoms with E-state index < -0.39 is 5.97 Å². The number of ether oxygens (including phenoxy) is 1. The standard InChI is InChI=1S/C8H7NO4/c1-5-2-9-3-6(13-4-10)7(5)8(11)12/h2-4H,1H3,(H,11,12). The first-order valence-electron chi connectivity index (χ1n) is 3.45. The Morgan fingerprint density at radius 3 is 2.85 bits per heavy atom. The number of aromatic carboxylic acids is 1. The Kier molecular flexibility index (Phi) is 2.59. The molecule has 0 amide bonds. The number of nitrogens with zero attached hydrogens (tertiary/aromatic N) is 1. The summed E-state index contributed by atoms with van der Waals surface area (Å²) < 4.78 is 4.46. The van der Waals surface area contributed by atoms with Crippen molar-refractivity contribution >= 4 is 12.4 Å². The third kappa shape index (κ3) is 1.81. The van der Waals surface area contributed by atoms with Crippen LogP contribution in [0.25, 0.3) is 0 Å². The van der Waals surface area contributed by atoms with E-state index in [1.165, 1.54) is 12.4 Å². The second-order valence-electron chi connectivity index (χ2n) is 2.35. The van der Waals surface area contributed by atoms with Gasteiger partial charge in [-0.15, -0.1) is 0 Å². The molecule has 1 heterocycles. The number of carbonyl (C=O) groups excluding carboxylic acids is 1. The van der Waals surface area contributed by atoms with Crippen LogP contribution in [0.4, 0.5) is 0 Å². The summed E-state index contributed by atoms with van der Waals surface area (Å²) in [6.45, 7) is 1.75. The Balaban J connectivity index is 3.25. The Morgan fingerprint density at radius 1 is 1.62 bits per heavy atom. The van der Waals surface area contributed by atoms with Crippen molar-refractivity contribution in [2.75, 3.05) is 0 Å². The lowest BCUT2D eigenvalue weighted by Crippen LogP contribution is -2.05. The molecule has 0 saturated carbocycles. The number of hydrogen-bond donors (Lipinski definition) is 1. The zero-order chi connectivity index (χ0) is 9.84. The molecule has 0 saturated heterocycles. The summed E-state index contributed by atoms with van der Waals surface area (Å²) in [6.07, 6.45) is 2.58. The summed E-state index contributed by atoms with van der Waals surface area (Å²) in [4.78, 5) is 24.4. The van der Waals surface area contributed by atoms with Gasteiger partial charge in [0.1, 0.15) is 5.56 Å². The summed E-state index contributed by atoms with van der Waals surface area (Å²) in [5, 5.41) is 8.75. The van der Waals surface area contributed by atoms with E-state index in [1.807, 2.05) is 0 Å². The van der Waals surface area contributed by atoms with Gasteiger partial charge >= 0.3 is 5.97 Å². The van der Waals surface area contributed by atoms with Crippen LogP contribution in [0.2, 0.25) is 0 Å². The second-order valence-corrected chi connectivity index (χ2v) is 2.35. The molecule has 0 fully saturated rings. The molecule has 1 rings (SSSR count). The summed E-state index contributed by atoms with van der Waals surface area (Å²) in [7, 11) is 0. The van der Waals surface area contributed by atoms with Gasteiger partial charge in [0.2, 0.25) is 0 Å². The highest BCUT2D eigenvalue weighted by Gasteiger charge is 2.14. The molecule has 13 heavy (non-hydrogen) atoms. The highest BCUT2D eigenvalue weighted by atomic mass is 16.5. The number of pyridine rings is 1. The Hall–Kier alpha value is -1.91. The number of hydrogen-bond acceptors (Lipinski definition) is 4. The number of aromatic nitrogens is 1. The lowest BCUT2D eigenvalue weighted by atomic mass is 10.1. The van der Waals surface area contributed by atoms with Gasteiger partial charge in [-0.3, -0.25) is 9.78 Å². The number of carbonyl (C=O) groups is 2. The fourth-order valence-electron chi connectivity index (χ4n) is 0.955. The monoisotopic (exact) mass is 181 g/mol. The van der Waals surface area contributed by atoms with Crippen molar-refractivity contribution in [2.24, 2.45) is 0 Å². The lowest BCUT2D eigenvalue weighted by Gasteiger charge is -2.04. The normalized spacial score (nSPS) is 9.31. The van der Waals surface area contributed by atoms with Crippen LogP contribution >= 0.6 is 0 Å². The fraction of sp³-hybridized carbons (Fsp3) is 0.125. The molecule has 0 aliphatic heterocycles. The van der Waals surface area contributed by atoms with Crippen LogP contribution in [0.1, 0.15) is 15.9 Å². The van der Waals surface area contributed by atoms with Gasteiger partial charge in [-0.1, -0.05) is 0 Å². The molecule has 0 aliphatic rings. The van der Waals surface area contributed by atoms with Crippen LogP contribution in [-0.4, -0.2) is 22.5 Å². The van der Waals surface area contributed by atoms with E-state index in [1.54, 1.807) is 6.92 Å². The van der Waals surface area contributed by atoms with Crippen molar-refractivity contribution < 1.29 is 19.4 Å². The Morgan fingerprint density at radius 2 is 2.31 bits per heavy atom. The predicted octanol–water partition coefficient (Wildman–Crippen LogP) is 0.623. The molecular formula is C8H7NO4. The zero-order valence-electron chi connectivity index (χ0n) is 6.85. The number of carboxylic acids is 1. The molecule has 68 valence electrons. The molecule has 0 aromatic carbocycles. The minimum Gasteiger partial charge on any atom is -0.478 e. The molecule has 1 aromatic rings. The molecule has 0 spiro atoms. The molecule has 0 radical (unpaired) electrons. The van der Waals surface area contributed by atoms with Gasteiger partial charge in [-0.2, -0.15) is 0 Å². The summed E-state index contributed by atoms with van der Waals surface area (Å²) in [6, 6.07) is 0. The molecule has 0 bridgehead atoms. The van der Waals surface area contributed by atoms with E-state index >= 15 is 0 Å². The molecule has 1 aromatic heterocycles. The molecule has 0 atom stereocenters. The van der Waals surface area contributed by atoms with E-state index in [-0.39, 0.29) is 17.8 Å². The van der Waals surface area contributed by atoms with Crippen LogP contribution < -0.4 is 4.74 Å². The molecule has 5 heteroatoms. The van der Waals surface area contributed by atoms with E-state index in [0.29, 0.717) is 5.56 Å². The van der Waals surface area contributed by atoms with Gasteiger partial charge in [0.25, 0.3) is 6.47 Å². The average Bonchev–Trinajstić information content (AvgIpc) is 2.04. The van der Waals surface area contributed by atoms with Crippen LogP contribution in [-0.2, 0) is 4.79 Å². The summed E-state index contributed by atoms with van der Waals surface area (Å²) >= 11 is 0. The SMILES string of the molecule is Cc1cncc(OC=O)c1C(=O)O. The fourth-order valence-corrected chi connectivity index (χ4v) is 0.955. The molecule has 0 aliphatic carbocycles. The van der Waals surface area contributed by atoms with Gasteiger partial charge in [0.15, 0.2) is 5.75 Å². The first-order chi connectivity index (χ1) is 6.16. The van der Waals surface area contributed by atoms with E-state index in [9.17, 15) is 9.59 Å². The third-order valence-electron chi connectivity index (χ3n) is 1.49. The first-order valence-corrected chi connectivity index (χ1v) is 3.45. The van der Waals surface area contributed by atoms with E-state index in [2.05, 4.69) is 9.72 Å². The van der Waals surface area contributed by atoms with E-state index in [0.717, 1.165) is 0 Å². The van der Waals surface area contributed by atoms with Crippen molar-refractivity contribution in [2.45, 2.75) is 6.92 Å². The number of aryl methyl sites for hydroxylation is 1. The topological polar surface area (TPSA) is 76.5 Å². The zero-order valence-corrected chi connectivity index (χ0v) is 6.85. The molecule has 1 N–H and O–H groups in total. The molecular weight excluding hydrogens is 174 g/mol. The van der Waals surface area contributed by atoms with Gasteiger partial charge in [0, 0.05) is 6.20 Å². The van der Waals surface area contributed by atoms with Crippen molar-refractivity contribution in [1.82, 2.24) is 4.98 Å². The molecule has 5 nitrogen and oxygen atoms in total. The van der Waals surface area contributed by atoms with Gasteiger partial charge in [-0.05, 0) is 12.5 Å². The number of carboxylic acid groups (broad SMARTS) is 1. The van der Waals surface area contributed by atoms with Crippen LogP contribution in [0.15, 0.2) is 12.4 Å². The quantitative estimate of drug-likeness (QED) is 0.692. The first kappa shape index (κ1) is 9.18. The van der Waals surface area contributed by atoms with Crippen molar-refractivity contribution in [3.63, 3.8) is 0 Å². The summed E-state index contributed by atoms with van der Waals surface area (Å²) in [5.41, 5.74) is 0.411. The van der Waals surface area contributed by atoms with Gasteiger partial charge in [-0.25, -0.2) is 4.79 Å². The Bertz CT molecular complexity index is 348. The van der Waals surface area contributed by atoms with Crippen molar-refractivity contribution in [1.29, 1.82) is 0 Å². The maximum absolute atomic E-state index is 10.7. The van der Waals surface area contributed by atoms with Gasteiger partial charge < -0.3 is 9.84 Å². The maximum Gasteiger partial charge on any atom is 0.339 e. The van der Waals surface area contributed by atoms with Crippen LogP contribution in [0.3, 0.4) is 0 Å². The maximum atomic E-state index is 10.7. The predicted molar refractivity (Wildman–Crippen MR) is 42.6 cm³/mol. The summed E-state index contributed by atoms with van der Waals surface area (Å²) in [5.74, 6) is -1.18. The Labute approximate surface area is 74.0 Å². The van der Waals surface area contributed by atoms with E-state index in [4.69, 9.17) is 5.11 Å². The van der Waals surface area contributed by atoms with Crippen LogP contribution in [0.5, 0.6) is 5.75 Å². The smallest absolute Gasteiger partial charge is 0.339 e. The average molecular weight is 181 g/mol. The highest BCUT2D eigenvalue weighted by Crippen LogP contribution is 2.19.